The number of carbonyl (C=O) groups excluding carboxylic acids is 3. The molecule has 1 aliphatic heterocycles. The fourth-order valence-electron chi connectivity index (χ4n) is 3.78. The highest BCUT2D eigenvalue weighted by Gasteiger charge is 2.39. The Kier molecular flexibility index (Phi) is 8.33. The van der Waals surface area contributed by atoms with Crippen LogP contribution in [0.5, 0.6) is 0 Å². The van der Waals surface area contributed by atoms with Gasteiger partial charge in [-0.1, -0.05) is 26.0 Å². The standard InChI is InChI=1S/C23H29N3O7/c1-7-33-23(29)20(12(2)3)25-21(27)17-13(4)24-14(5)18(22(28)32-6)19(17)15-9-8-10-16(11-15)26(30)31/h8-12,19-20,24H,7H2,1-6H3,(H,25,27)/t19-,20+/m0/s1. The van der Waals surface area contributed by atoms with E-state index < -0.39 is 34.7 Å². The summed E-state index contributed by atoms with van der Waals surface area (Å²) >= 11 is 0. The Morgan fingerprint density at radius 1 is 1.18 bits per heavy atom. The molecule has 1 aromatic carbocycles. The molecule has 0 aliphatic carbocycles. The highest BCUT2D eigenvalue weighted by Crippen LogP contribution is 2.39. The van der Waals surface area contributed by atoms with Crippen molar-refractivity contribution in [1.82, 2.24) is 10.6 Å². The van der Waals surface area contributed by atoms with Gasteiger partial charge in [-0.25, -0.2) is 9.59 Å². The molecule has 10 heteroatoms. The molecule has 2 atom stereocenters. The first-order chi connectivity index (χ1) is 15.5. The molecule has 0 aromatic heterocycles. The number of allylic oxidation sites excluding steroid dienone is 2. The fourth-order valence-corrected chi connectivity index (χ4v) is 3.78. The van der Waals surface area contributed by atoms with Crippen molar-refractivity contribution in [3.63, 3.8) is 0 Å². The van der Waals surface area contributed by atoms with Crippen molar-refractivity contribution >= 4 is 23.5 Å². The van der Waals surface area contributed by atoms with E-state index in [0.717, 1.165) is 0 Å². The number of hydrogen-bond acceptors (Lipinski definition) is 8. The van der Waals surface area contributed by atoms with E-state index in [2.05, 4.69) is 10.6 Å². The zero-order valence-electron chi connectivity index (χ0n) is 19.6. The second-order valence-electron chi connectivity index (χ2n) is 7.93. The lowest BCUT2D eigenvalue weighted by molar-refractivity contribution is -0.384. The van der Waals surface area contributed by atoms with Gasteiger partial charge in [-0.15, -0.1) is 0 Å². The van der Waals surface area contributed by atoms with E-state index in [1.807, 2.05) is 0 Å². The predicted octanol–water partition coefficient (Wildman–Crippen LogP) is 2.71. The number of dihydropyridines is 1. The van der Waals surface area contributed by atoms with Crippen molar-refractivity contribution in [2.24, 2.45) is 5.92 Å². The molecule has 0 radical (unpaired) electrons. The molecule has 0 saturated carbocycles. The van der Waals surface area contributed by atoms with Gasteiger partial charge in [0.2, 0.25) is 0 Å². The number of rotatable bonds is 8. The van der Waals surface area contributed by atoms with Crippen LogP contribution in [0.15, 0.2) is 46.8 Å². The monoisotopic (exact) mass is 459 g/mol. The molecular formula is C23H29N3O7. The number of non-ortho nitro benzene ring substituents is 1. The van der Waals surface area contributed by atoms with E-state index in [9.17, 15) is 24.5 Å². The zero-order chi connectivity index (χ0) is 24.9. The Labute approximate surface area is 192 Å². The van der Waals surface area contributed by atoms with E-state index in [1.54, 1.807) is 40.7 Å². The number of esters is 2. The Balaban J connectivity index is 2.62. The van der Waals surface area contributed by atoms with E-state index in [4.69, 9.17) is 9.47 Å². The quantitative estimate of drug-likeness (QED) is 0.344. The minimum absolute atomic E-state index is 0.144. The Hall–Kier alpha value is -3.69. The van der Waals surface area contributed by atoms with Crippen LogP contribution in [0, 0.1) is 16.0 Å². The summed E-state index contributed by atoms with van der Waals surface area (Å²) in [6, 6.07) is 4.81. The highest BCUT2D eigenvalue weighted by molar-refractivity contribution is 6.03. The second-order valence-corrected chi connectivity index (χ2v) is 7.93. The van der Waals surface area contributed by atoms with Crippen molar-refractivity contribution in [2.75, 3.05) is 13.7 Å². The summed E-state index contributed by atoms with van der Waals surface area (Å²) in [7, 11) is 1.22. The lowest BCUT2D eigenvalue weighted by Crippen LogP contribution is -2.47. The van der Waals surface area contributed by atoms with Crippen LogP contribution in [-0.4, -0.2) is 42.5 Å². The molecular weight excluding hydrogens is 430 g/mol. The summed E-state index contributed by atoms with van der Waals surface area (Å²) in [5.41, 5.74) is 1.38. The van der Waals surface area contributed by atoms with E-state index >= 15 is 0 Å². The van der Waals surface area contributed by atoms with Gasteiger partial charge in [0.05, 0.1) is 30.1 Å². The number of nitrogens with zero attached hydrogens (tertiary/aromatic N) is 1. The van der Waals surface area contributed by atoms with Crippen LogP contribution in [0.1, 0.15) is 46.1 Å². The van der Waals surface area contributed by atoms with Gasteiger partial charge in [0.1, 0.15) is 6.04 Å². The summed E-state index contributed by atoms with van der Waals surface area (Å²) in [4.78, 5) is 49.4. The van der Waals surface area contributed by atoms with Gasteiger partial charge in [-0.05, 0) is 32.3 Å². The number of hydrogen-bond donors (Lipinski definition) is 2. The maximum atomic E-state index is 13.5. The molecule has 0 bridgehead atoms. The fraction of sp³-hybridized carbons (Fsp3) is 0.435. The smallest absolute Gasteiger partial charge is 0.336 e. The maximum absolute atomic E-state index is 13.5. The molecule has 1 amide bonds. The number of amides is 1. The molecule has 1 heterocycles. The summed E-state index contributed by atoms with van der Waals surface area (Å²) in [6.07, 6.45) is 0. The molecule has 2 rings (SSSR count). The SMILES string of the molecule is CCOC(=O)[C@H](NC(=O)C1=C(C)NC(C)=C(C(=O)OC)[C@H]1c1cccc([N+](=O)[O-])c1)C(C)C. The minimum Gasteiger partial charge on any atom is -0.466 e. The van der Waals surface area contributed by atoms with Crippen LogP contribution in [0.3, 0.4) is 0 Å². The highest BCUT2D eigenvalue weighted by atomic mass is 16.6. The first kappa shape index (κ1) is 25.6. The van der Waals surface area contributed by atoms with Crippen LogP contribution in [0.4, 0.5) is 5.69 Å². The molecule has 0 spiro atoms. The van der Waals surface area contributed by atoms with Crippen molar-refractivity contribution in [3.05, 3.63) is 62.5 Å². The molecule has 2 N–H and O–H groups in total. The van der Waals surface area contributed by atoms with E-state index in [1.165, 1.54) is 25.3 Å². The number of benzene rings is 1. The largest absolute Gasteiger partial charge is 0.466 e. The molecule has 0 fully saturated rings. The maximum Gasteiger partial charge on any atom is 0.336 e. The zero-order valence-corrected chi connectivity index (χ0v) is 19.6. The van der Waals surface area contributed by atoms with Gasteiger partial charge >= 0.3 is 11.9 Å². The first-order valence-corrected chi connectivity index (χ1v) is 10.5. The molecule has 10 nitrogen and oxygen atoms in total. The first-order valence-electron chi connectivity index (χ1n) is 10.5. The molecule has 33 heavy (non-hydrogen) atoms. The summed E-state index contributed by atoms with van der Waals surface area (Å²) in [5, 5.41) is 17.1. The second kappa shape index (κ2) is 10.8. The number of nitrogens with one attached hydrogen (secondary N) is 2. The average Bonchev–Trinajstić information content (AvgIpc) is 2.76. The Bertz CT molecular complexity index is 1030. The number of nitro groups is 1. The van der Waals surface area contributed by atoms with Gasteiger partial charge in [-0.2, -0.15) is 0 Å². The van der Waals surface area contributed by atoms with E-state index in [-0.39, 0.29) is 29.4 Å². The van der Waals surface area contributed by atoms with Gasteiger partial charge in [-0.3, -0.25) is 14.9 Å². The number of carbonyl (C=O) groups is 3. The van der Waals surface area contributed by atoms with Crippen LogP contribution < -0.4 is 10.6 Å². The molecule has 1 aliphatic rings. The molecule has 0 saturated heterocycles. The van der Waals surface area contributed by atoms with Gasteiger partial charge in [0.25, 0.3) is 11.6 Å². The average molecular weight is 459 g/mol. The number of methoxy groups -OCH3 is 1. The lowest BCUT2D eigenvalue weighted by Gasteiger charge is -2.31. The van der Waals surface area contributed by atoms with Gasteiger partial charge in [0.15, 0.2) is 0 Å². The van der Waals surface area contributed by atoms with Crippen molar-refractivity contribution in [2.45, 2.75) is 46.6 Å². The molecule has 0 unspecified atom stereocenters. The third-order valence-corrected chi connectivity index (χ3v) is 5.32. The van der Waals surface area contributed by atoms with Gasteiger partial charge < -0.3 is 20.1 Å². The summed E-state index contributed by atoms with van der Waals surface area (Å²) in [6.45, 7) is 8.68. The molecule has 1 aromatic rings. The summed E-state index contributed by atoms with van der Waals surface area (Å²) < 4.78 is 10.0. The van der Waals surface area contributed by atoms with Crippen molar-refractivity contribution < 1.29 is 28.8 Å². The third kappa shape index (κ3) is 5.57. The Morgan fingerprint density at radius 2 is 1.82 bits per heavy atom. The van der Waals surface area contributed by atoms with Crippen LogP contribution >= 0.6 is 0 Å². The normalized spacial score (nSPS) is 16.8. The van der Waals surface area contributed by atoms with Crippen molar-refractivity contribution in [3.8, 4) is 0 Å². The van der Waals surface area contributed by atoms with Crippen molar-refractivity contribution in [1.29, 1.82) is 0 Å². The van der Waals surface area contributed by atoms with Crippen LogP contribution in [0.2, 0.25) is 0 Å². The third-order valence-electron chi connectivity index (χ3n) is 5.32. The number of nitro benzene ring substituents is 1. The lowest BCUT2D eigenvalue weighted by atomic mass is 9.79. The Morgan fingerprint density at radius 3 is 2.36 bits per heavy atom. The summed E-state index contributed by atoms with van der Waals surface area (Å²) in [5.74, 6) is -3.07. The van der Waals surface area contributed by atoms with Crippen LogP contribution in [0.25, 0.3) is 0 Å². The topological polar surface area (TPSA) is 137 Å². The predicted molar refractivity (Wildman–Crippen MR) is 120 cm³/mol. The van der Waals surface area contributed by atoms with Gasteiger partial charge in [0, 0.05) is 29.1 Å². The van der Waals surface area contributed by atoms with Crippen LogP contribution in [-0.2, 0) is 23.9 Å². The molecule has 178 valence electrons. The van der Waals surface area contributed by atoms with E-state index in [0.29, 0.717) is 17.0 Å². The number of ether oxygens (including phenoxy) is 2. The minimum atomic E-state index is -0.950.